The Labute approximate surface area is 121 Å². The number of benzene rings is 2. The van der Waals surface area contributed by atoms with Crippen LogP contribution < -0.4 is 10.6 Å². The van der Waals surface area contributed by atoms with Gasteiger partial charge in [-0.1, -0.05) is 24.3 Å². The van der Waals surface area contributed by atoms with Crippen molar-refractivity contribution in [2.75, 3.05) is 36.8 Å². The maximum atomic E-state index is 6.09. The van der Waals surface area contributed by atoms with Gasteiger partial charge in [0.2, 0.25) is 0 Å². The molecule has 1 heterocycles. The highest BCUT2D eigenvalue weighted by molar-refractivity contribution is 6.01. The zero-order valence-corrected chi connectivity index (χ0v) is 12.3. The molecule has 1 aliphatic rings. The normalized spacial score (nSPS) is 17.1. The van der Waals surface area contributed by atoms with Gasteiger partial charge in [-0.05, 0) is 26.0 Å². The Morgan fingerprint density at radius 3 is 2.20 bits per heavy atom. The average molecular weight is 269 g/mol. The first kappa shape index (κ1) is 13.3. The Kier molecular flexibility index (Phi) is 3.53. The highest BCUT2D eigenvalue weighted by atomic mass is 15.3. The Hall–Kier alpha value is -1.74. The summed E-state index contributed by atoms with van der Waals surface area (Å²) in [6, 6.07) is 13.3. The third-order valence-electron chi connectivity index (χ3n) is 4.32. The minimum atomic E-state index is 0.639. The van der Waals surface area contributed by atoms with Gasteiger partial charge < -0.3 is 10.6 Å². The van der Waals surface area contributed by atoms with E-state index in [-0.39, 0.29) is 0 Å². The third kappa shape index (κ3) is 2.34. The first-order valence-corrected chi connectivity index (χ1v) is 7.43. The van der Waals surface area contributed by atoms with E-state index in [9.17, 15) is 0 Å². The van der Waals surface area contributed by atoms with Crippen LogP contribution in [0.5, 0.6) is 0 Å². The van der Waals surface area contributed by atoms with Gasteiger partial charge >= 0.3 is 0 Å². The largest absolute Gasteiger partial charge is 0.398 e. The van der Waals surface area contributed by atoms with Crippen LogP contribution >= 0.6 is 0 Å². The molecule has 20 heavy (non-hydrogen) atoms. The Morgan fingerprint density at radius 1 is 0.900 bits per heavy atom. The van der Waals surface area contributed by atoms with Crippen LogP contribution in [0.25, 0.3) is 10.8 Å². The molecule has 3 nitrogen and oxygen atoms in total. The molecule has 0 aromatic heterocycles. The molecule has 0 radical (unpaired) electrons. The number of hydrogen-bond acceptors (Lipinski definition) is 3. The summed E-state index contributed by atoms with van der Waals surface area (Å²) >= 11 is 0. The molecule has 2 N–H and O–H groups in total. The van der Waals surface area contributed by atoms with Crippen molar-refractivity contribution in [3.63, 3.8) is 0 Å². The molecular formula is C17H23N3. The first-order chi connectivity index (χ1) is 9.66. The van der Waals surface area contributed by atoms with E-state index in [1.807, 2.05) is 6.07 Å². The van der Waals surface area contributed by atoms with Crippen molar-refractivity contribution in [3.8, 4) is 0 Å². The van der Waals surface area contributed by atoms with Gasteiger partial charge in [0.15, 0.2) is 0 Å². The Morgan fingerprint density at radius 2 is 1.55 bits per heavy atom. The standard InChI is InChI=1S/C17H23N3/c1-13(2)19-9-11-20(12-10-19)17-8-7-16(18)14-5-3-4-6-15(14)17/h3-8,13H,9-12,18H2,1-2H3. The van der Waals surface area contributed by atoms with Gasteiger partial charge in [0, 0.05) is 54.4 Å². The molecule has 0 unspecified atom stereocenters. The van der Waals surface area contributed by atoms with Crippen LogP contribution in [-0.4, -0.2) is 37.1 Å². The smallest absolute Gasteiger partial charge is 0.0448 e. The molecule has 2 aromatic rings. The molecule has 1 fully saturated rings. The number of hydrogen-bond donors (Lipinski definition) is 1. The van der Waals surface area contributed by atoms with Gasteiger partial charge in [-0.3, -0.25) is 4.90 Å². The molecule has 0 atom stereocenters. The quantitative estimate of drug-likeness (QED) is 0.851. The lowest BCUT2D eigenvalue weighted by atomic mass is 10.1. The van der Waals surface area contributed by atoms with Gasteiger partial charge in [-0.2, -0.15) is 0 Å². The lowest BCUT2D eigenvalue weighted by Gasteiger charge is -2.38. The van der Waals surface area contributed by atoms with Crippen LogP contribution in [0.1, 0.15) is 13.8 Å². The number of rotatable bonds is 2. The van der Waals surface area contributed by atoms with Gasteiger partial charge in [-0.15, -0.1) is 0 Å². The minimum Gasteiger partial charge on any atom is -0.398 e. The fourth-order valence-electron chi connectivity index (χ4n) is 3.06. The molecule has 0 spiro atoms. The van der Waals surface area contributed by atoms with Gasteiger partial charge in [0.25, 0.3) is 0 Å². The average Bonchev–Trinajstić information content (AvgIpc) is 2.48. The lowest BCUT2D eigenvalue weighted by Crippen LogP contribution is -2.48. The molecule has 3 rings (SSSR count). The topological polar surface area (TPSA) is 32.5 Å². The van der Waals surface area contributed by atoms with E-state index in [4.69, 9.17) is 5.73 Å². The molecule has 3 heteroatoms. The fraction of sp³-hybridized carbons (Fsp3) is 0.412. The second-order valence-electron chi connectivity index (χ2n) is 5.84. The lowest BCUT2D eigenvalue weighted by molar-refractivity contribution is 0.209. The third-order valence-corrected chi connectivity index (χ3v) is 4.32. The van der Waals surface area contributed by atoms with Crippen LogP contribution in [0, 0.1) is 0 Å². The number of nitrogens with two attached hydrogens (primary N) is 1. The van der Waals surface area contributed by atoms with Crippen LogP contribution in [0.3, 0.4) is 0 Å². The van der Waals surface area contributed by atoms with Crippen LogP contribution in [0.15, 0.2) is 36.4 Å². The SMILES string of the molecule is CC(C)N1CCN(c2ccc(N)c3ccccc23)CC1. The van der Waals surface area contributed by atoms with Crippen molar-refractivity contribution in [2.24, 2.45) is 0 Å². The van der Waals surface area contributed by atoms with E-state index in [1.54, 1.807) is 0 Å². The molecule has 0 bridgehead atoms. The van der Waals surface area contributed by atoms with E-state index < -0.39 is 0 Å². The van der Waals surface area contributed by atoms with E-state index in [0.717, 1.165) is 37.3 Å². The van der Waals surface area contributed by atoms with Gasteiger partial charge in [0.1, 0.15) is 0 Å². The second-order valence-corrected chi connectivity index (χ2v) is 5.84. The summed E-state index contributed by atoms with van der Waals surface area (Å²) in [5.74, 6) is 0. The molecule has 1 saturated heterocycles. The molecule has 106 valence electrons. The van der Waals surface area contributed by atoms with Crippen LogP contribution in [0.2, 0.25) is 0 Å². The number of piperazine rings is 1. The molecule has 0 aliphatic carbocycles. The van der Waals surface area contributed by atoms with Crippen molar-refractivity contribution < 1.29 is 0 Å². The van der Waals surface area contributed by atoms with Crippen molar-refractivity contribution in [3.05, 3.63) is 36.4 Å². The number of anilines is 2. The van der Waals surface area contributed by atoms with E-state index in [0.29, 0.717) is 6.04 Å². The summed E-state index contributed by atoms with van der Waals surface area (Å²) in [5.41, 5.74) is 8.27. The highest BCUT2D eigenvalue weighted by Gasteiger charge is 2.20. The summed E-state index contributed by atoms with van der Waals surface area (Å²) in [4.78, 5) is 5.02. The van der Waals surface area contributed by atoms with E-state index in [2.05, 4.69) is 54.0 Å². The molecular weight excluding hydrogens is 246 g/mol. The van der Waals surface area contributed by atoms with Crippen molar-refractivity contribution in [1.82, 2.24) is 4.90 Å². The van der Waals surface area contributed by atoms with Crippen molar-refractivity contribution >= 4 is 22.1 Å². The minimum absolute atomic E-state index is 0.639. The number of fused-ring (bicyclic) bond motifs is 1. The molecule has 0 amide bonds. The van der Waals surface area contributed by atoms with E-state index >= 15 is 0 Å². The Bertz CT molecular complexity index is 598. The first-order valence-electron chi connectivity index (χ1n) is 7.43. The molecule has 1 aliphatic heterocycles. The summed E-state index contributed by atoms with van der Waals surface area (Å²) in [6.07, 6.45) is 0. The highest BCUT2D eigenvalue weighted by Crippen LogP contribution is 2.31. The summed E-state index contributed by atoms with van der Waals surface area (Å²) in [7, 11) is 0. The second kappa shape index (κ2) is 5.33. The van der Waals surface area contributed by atoms with Crippen molar-refractivity contribution in [2.45, 2.75) is 19.9 Å². The number of nitrogen functional groups attached to an aromatic ring is 1. The zero-order valence-electron chi connectivity index (χ0n) is 12.3. The predicted molar refractivity (Wildman–Crippen MR) is 87.3 cm³/mol. The monoisotopic (exact) mass is 269 g/mol. The predicted octanol–water partition coefficient (Wildman–Crippen LogP) is 2.95. The fourth-order valence-corrected chi connectivity index (χ4v) is 3.06. The summed E-state index contributed by atoms with van der Waals surface area (Å²) < 4.78 is 0. The van der Waals surface area contributed by atoms with Gasteiger partial charge in [0.05, 0.1) is 0 Å². The van der Waals surface area contributed by atoms with Crippen LogP contribution in [-0.2, 0) is 0 Å². The zero-order chi connectivity index (χ0) is 14.1. The summed E-state index contributed by atoms with van der Waals surface area (Å²) in [6.45, 7) is 8.99. The Balaban J connectivity index is 1.90. The maximum absolute atomic E-state index is 6.09. The summed E-state index contributed by atoms with van der Waals surface area (Å²) in [5, 5.41) is 2.43. The molecule has 0 saturated carbocycles. The maximum Gasteiger partial charge on any atom is 0.0448 e. The number of nitrogens with zero attached hydrogens (tertiary/aromatic N) is 2. The molecule has 2 aromatic carbocycles. The van der Waals surface area contributed by atoms with Crippen molar-refractivity contribution in [1.29, 1.82) is 0 Å². The van der Waals surface area contributed by atoms with Crippen LogP contribution in [0.4, 0.5) is 11.4 Å². The van der Waals surface area contributed by atoms with E-state index in [1.165, 1.54) is 11.1 Å². The van der Waals surface area contributed by atoms with Gasteiger partial charge in [-0.25, -0.2) is 0 Å².